The first kappa shape index (κ1) is 35.0. The van der Waals surface area contributed by atoms with Gasteiger partial charge in [-0.25, -0.2) is 14.8 Å². The first-order valence-electron chi connectivity index (χ1n) is 18.3. The lowest BCUT2D eigenvalue weighted by Gasteiger charge is -2.39. The Labute approximate surface area is 310 Å². The predicted octanol–water partition coefficient (Wildman–Crippen LogP) is 3.14. The van der Waals surface area contributed by atoms with Gasteiger partial charge in [0.25, 0.3) is 5.91 Å². The number of ether oxygens (including phenoxy) is 1. The number of aryl methyl sites for hydroxylation is 1. The normalized spacial score (nSPS) is 20.9. The van der Waals surface area contributed by atoms with Gasteiger partial charge in [0.15, 0.2) is 0 Å². The van der Waals surface area contributed by atoms with Crippen molar-refractivity contribution in [1.82, 2.24) is 39.1 Å². The average molecular weight is 732 g/mol. The van der Waals surface area contributed by atoms with Gasteiger partial charge in [0.2, 0.25) is 11.8 Å². The minimum absolute atomic E-state index is 0.149. The Morgan fingerprint density at radius 2 is 1.85 bits per heavy atom. The number of pyridine rings is 2. The number of piperidine rings is 1. The van der Waals surface area contributed by atoms with E-state index in [1.165, 1.54) is 4.57 Å². The minimum atomic E-state index is -0.747. The Bertz CT molecular complexity index is 2370. The summed E-state index contributed by atoms with van der Waals surface area (Å²) in [6.45, 7) is 4.30. The van der Waals surface area contributed by atoms with Crippen LogP contribution in [0.15, 0.2) is 53.6 Å². The van der Waals surface area contributed by atoms with Gasteiger partial charge in [0.05, 0.1) is 30.4 Å². The van der Waals surface area contributed by atoms with E-state index in [9.17, 15) is 19.2 Å². The van der Waals surface area contributed by atoms with Crippen LogP contribution in [0.25, 0.3) is 21.9 Å². The summed E-state index contributed by atoms with van der Waals surface area (Å²) >= 11 is 0. The summed E-state index contributed by atoms with van der Waals surface area (Å²) in [4.78, 5) is 64.1. The molecule has 1 aliphatic carbocycles. The predicted molar refractivity (Wildman–Crippen MR) is 199 cm³/mol. The summed E-state index contributed by atoms with van der Waals surface area (Å²) in [5.41, 5.74) is 3.00. The van der Waals surface area contributed by atoms with Crippen LogP contribution >= 0.6 is 0 Å². The molecule has 2 aliphatic heterocycles. The van der Waals surface area contributed by atoms with Crippen LogP contribution in [0.2, 0.25) is 0 Å². The average Bonchev–Trinajstić information content (AvgIpc) is 3.72. The van der Waals surface area contributed by atoms with E-state index in [2.05, 4.69) is 30.4 Å². The SMILES string of the molecule is COc1ccc2c(c1N1CCN(C[C@H]3CC[C@H](n4cc5cc(NC(=O)c6cccc(C#N)n6)ncc5n4)CC3)CC1)n(C)c(=O)n2C1CCC(=O)NC1=O. The standard InChI is InChI=1S/C38H41N11O5/c1-45-34-29(49(38(45)53)30-11-13-33(50)43-37(30)52)10-12-31(54-2)35(34)47-16-14-46(15-17-47)21-23-6-8-26(9-7-23)48-22-24-18-32(40-20-28(24)44-48)42-36(51)27-5-3-4-25(19-39)41-27/h3-5,10,12,18,20,22-23,26,30H,6-9,11,13-17,21H2,1-2H3,(H,42,51)(H,43,50,52)/t23-,26-,30?. The van der Waals surface area contributed by atoms with Crippen molar-refractivity contribution in [3.63, 3.8) is 0 Å². The zero-order valence-corrected chi connectivity index (χ0v) is 30.2. The maximum atomic E-state index is 13.6. The third kappa shape index (κ3) is 6.55. The third-order valence-electron chi connectivity index (χ3n) is 11.1. The molecule has 3 amide bonds. The number of hydrogen-bond acceptors (Lipinski definition) is 11. The Morgan fingerprint density at radius 3 is 2.59 bits per heavy atom. The second kappa shape index (κ2) is 14.4. The number of nitrogens with one attached hydrogen (secondary N) is 2. The van der Waals surface area contributed by atoms with Crippen molar-refractivity contribution in [2.45, 2.75) is 50.6 Å². The molecule has 6 heterocycles. The summed E-state index contributed by atoms with van der Waals surface area (Å²) in [6, 6.07) is 11.7. The Balaban J connectivity index is 0.884. The number of carbonyl (C=O) groups excluding carboxylic acids is 3. The maximum Gasteiger partial charge on any atom is 0.329 e. The van der Waals surface area contributed by atoms with Gasteiger partial charge in [0, 0.05) is 57.8 Å². The molecule has 5 aromatic rings. The summed E-state index contributed by atoms with van der Waals surface area (Å²) in [7, 11) is 3.35. The van der Waals surface area contributed by atoms with Crippen LogP contribution in [0.1, 0.15) is 66.8 Å². The number of rotatable bonds is 8. The van der Waals surface area contributed by atoms with E-state index in [1.807, 2.05) is 29.1 Å². The molecule has 1 atom stereocenters. The number of piperazine rings is 1. The number of fused-ring (bicyclic) bond motifs is 2. The van der Waals surface area contributed by atoms with Gasteiger partial charge in [-0.2, -0.15) is 10.4 Å². The lowest BCUT2D eigenvalue weighted by Crippen LogP contribution is -2.48. The summed E-state index contributed by atoms with van der Waals surface area (Å²) < 4.78 is 11.0. The van der Waals surface area contributed by atoms with E-state index < -0.39 is 17.9 Å². The van der Waals surface area contributed by atoms with Gasteiger partial charge in [0.1, 0.15) is 46.3 Å². The van der Waals surface area contributed by atoms with Crippen LogP contribution in [-0.2, 0) is 16.6 Å². The fourth-order valence-electron chi connectivity index (χ4n) is 8.25. The molecule has 16 nitrogen and oxygen atoms in total. The van der Waals surface area contributed by atoms with E-state index in [4.69, 9.17) is 15.1 Å². The zero-order valence-electron chi connectivity index (χ0n) is 30.2. The van der Waals surface area contributed by atoms with E-state index >= 15 is 0 Å². The van der Waals surface area contributed by atoms with E-state index in [0.717, 1.165) is 80.5 Å². The highest BCUT2D eigenvalue weighted by Crippen LogP contribution is 2.38. The highest BCUT2D eigenvalue weighted by Gasteiger charge is 2.34. The molecule has 278 valence electrons. The van der Waals surface area contributed by atoms with Gasteiger partial charge in [-0.05, 0) is 68.4 Å². The molecule has 3 fully saturated rings. The van der Waals surface area contributed by atoms with Crippen LogP contribution in [0.5, 0.6) is 5.75 Å². The van der Waals surface area contributed by atoms with Crippen LogP contribution < -0.4 is 26.0 Å². The molecule has 1 aromatic carbocycles. The molecule has 1 saturated carbocycles. The number of imidazole rings is 1. The number of nitriles is 1. The van der Waals surface area contributed by atoms with Crippen LogP contribution in [0.4, 0.5) is 11.5 Å². The first-order valence-corrected chi connectivity index (χ1v) is 18.3. The van der Waals surface area contributed by atoms with Crippen LogP contribution in [-0.4, -0.2) is 91.3 Å². The quantitative estimate of drug-likeness (QED) is 0.224. The van der Waals surface area contributed by atoms with E-state index in [-0.39, 0.29) is 41.9 Å². The smallest absolute Gasteiger partial charge is 0.329 e. The minimum Gasteiger partial charge on any atom is -0.494 e. The molecule has 0 bridgehead atoms. The van der Waals surface area contributed by atoms with Crippen LogP contribution in [0.3, 0.4) is 0 Å². The summed E-state index contributed by atoms with van der Waals surface area (Å²) in [6.07, 6.45) is 8.39. The monoisotopic (exact) mass is 731 g/mol. The number of imide groups is 1. The molecule has 2 N–H and O–H groups in total. The van der Waals surface area contributed by atoms with Gasteiger partial charge >= 0.3 is 5.69 Å². The van der Waals surface area contributed by atoms with Crippen molar-refractivity contribution in [3.05, 3.63) is 70.7 Å². The number of aromatic nitrogens is 6. The molecule has 0 radical (unpaired) electrons. The van der Waals surface area contributed by atoms with Crippen molar-refractivity contribution >= 4 is 51.2 Å². The van der Waals surface area contributed by atoms with Crippen LogP contribution in [0, 0.1) is 17.2 Å². The number of anilines is 2. The van der Waals surface area contributed by atoms with Crippen molar-refractivity contribution in [2.24, 2.45) is 13.0 Å². The molecular weight excluding hydrogens is 690 g/mol. The van der Waals surface area contributed by atoms with Crippen molar-refractivity contribution in [2.75, 3.05) is 50.1 Å². The van der Waals surface area contributed by atoms with Gasteiger partial charge in [-0.15, -0.1) is 0 Å². The van der Waals surface area contributed by atoms with Gasteiger partial charge in [-0.1, -0.05) is 6.07 Å². The molecule has 16 heteroatoms. The first-order chi connectivity index (χ1) is 26.2. The highest BCUT2D eigenvalue weighted by atomic mass is 16.5. The fourth-order valence-corrected chi connectivity index (χ4v) is 8.25. The molecule has 54 heavy (non-hydrogen) atoms. The number of amides is 3. The number of benzene rings is 1. The molecule has 4 aromatic heterocycles. The number of nitrogens with zero attached hydrogens (tertiary/aromatic N) is 9. The van der Waals surface area contributed by atoms with Gasteiger partial charge in [-0.3, -0.25) is 38.4 Å². The largest absolute Gasteiger partial charge is 0.494 e. The maximum absolute atomic E-state index is 13.6. The zero-order chi connectivity index (χ0) is 37.5. The fraction of sp³-hybridized carbons (Fsp3) is 0.421. The van der Waals surface area contributed by atoms with E-state index in [0.29, 0.717) is 23.0 Å². The number of methoxy groups -OCH3 is 1. The van der Waals surface area contributed by atoms with Gasteiger partial charge < -0.3 is 15.0 Å². The van der Waals surface area contributed by atoms with Crippen molar-refractivity contribution < 1.29 is 19.1 Å². The number of hydrogen-bond donors (Lipinski definition) is 2. The molecule has 0 spiro atoms. The van der Waals surface area contributed by atoms with Crippen molar-refractivity contribution in [3.8, 4) is 11.8 Å². The third-order valence-corrected chi connectivity index (χ3v) is 11.1. The van der Waals surface area contributed by atoms with Crippen molar-refractivity contribution in [1.29, 1.82) is 5.26 Å². The molecule has 8 rings (SSSR count). The number of carbonyl (C=O) groups is 3. The van der Waals surface area contributed by atoms with E-state index in [1.54, 1.807) is 49.2 Å². The lowest BCUT2D eigenvalue weighted by molar-refractivity contribution is -0.135. The summed E-state index contributed by atoms with van der Waals surface area (Å²) in [5, 5.41) is 19.9. The Morgan fingerprint density at radius 1 is 1.06 bits per heavy atom. The molecular formula is C38H41N11O5. The topological polar surface area (TPSA) is 185 Å². The Kier molecular flexibility index (Phi) is 9.32. The molecule has 3 aliphatic rings. The molecule has 1 unspecified atom stereocenters. The second-order valence-electron chi connectivity index (χ2n) is 14.3. The second-order valence-corrected chi connectivity index (χ2v) is 14.3. The highest BCUT2D eigenvalue weighted by molar-refractivity contribution is 6.03. The lowest BCUT2D eigenvalue weighted by atomic mass is 9.85. The summed E-state index contributed by atoms with van der Waals surface area (Å²) in [5.74, 6) is 0.444. The molecule has 2 saturated heterocycles. The Hall–Kier alpha value is -6.08.